The number of aromatic nitrogens is 4. The van der Waals surface area contributed by atoms with E-state index in [1.54, 1.807) is 18.2 Å². The van der Waals surface area contributed by atoms with Crippen molar-refractivity contribution in [2.75, 3.05) is 0 Å². The molecular formula is C20H15F6N5O. The van der Waals surface area contributed by atoms with E-state index in [0.29, 0.717) is 18.0 Å². The number of nitrogens with one attached hydrogen (secondary N) is 1. The van der Waals surface area contributed by atoms with Gasteiger partial charge in [0.05, 0.1) is 17.2 Å². The lowest BCUT2D eigenvalue weighted by molar-refractivity contribution is -0.143. The van der Waals surface area contributed by atoms with Crippen LogP contribution in [0.5, 0.6) is 0 Å². The Morgan fingerprint density at radius 1 is 1.09 bits per heavy atom. The van der Waals surface area contributed by atoms with Gasteiger partial charge in [0.25, 0.3) is 5.91 Å². The van der Waals surface area contributed by atoms with Crippen LogP contribution in [0.2, 0.25) is 0 Å². The molecule has 0 spiro atoms. The van der Waals surface area contributed by atoms with Crippen molar-refractivity contribution < 1.29 is 31.1 Å². The molecule has 1 unspecified atom stereocenters. The molecule has 1 amide bonds. The van der Waals surface area contributed by atoms with Crippen LogP contribution in [0.15, 0.2) is 49.2 Å². The van der Waals surface area contributed by atoms with Crippen LogP contribution in [-0.4, -0.2) is 25.7 Å². The third kappa shape index (κ3) is 4.95. The fraction of sp³-hybridized carbons (Fsp3) is 0.200. The Morgan fingerprint density at radius 3 is 2.22 bits per heavy atom. The average molecular weight is 455 g/mol. The standard InChI is InChI=1S/C20H15F6N5O/c1-3-15-29-17(31(30-15)16-6-4-5-7-27-16)11(2)28-18(32)12-8-13(19(21,22)23)10-14(9-12)20(24,25)26/h3-11H,1H2,2H3,(H,28,32). The zero-order valence-corrected chi connectivity index (χ0v) is 16.4. The van der Waals surface area contributed by atoms with Gasteiger partial charge in [-0.25, -0.2) is 9.97 Å². The fourth-order valence-corrected chi connectivity index (χ4v) is 2.79. The third-order valence-corrected chi connectivity index (χ3v) is 4.28. The number of hydrogen-bond acceptors (Lipinski definition) is 4. The highest BCUT2D eigenvalue weighted by Crippen LogP contribution is 2.36. The van der Waals surface area contributed by atoms with E-state index in [1.807, 2.05) is 0 Å². The number of carbonyl (C=O) groups excluding carboxylic acids is 1. The summed E-state index contributed by atoms with van der Waals surface area (Å²) in [5, 5.41) is 6.53. The molecule has 0 radical (unpaired) electrons. The van der Waals surface area contributed by atoms with Gasteiger partial charge in [-0.05, 0) is 43.3 Å². The lowest BCUT2D eigenvalue weighted by Gasteiger charge is -2.17. The van der Waals surface area contributed by atoms with E-state index in [1.165, 1.54) is 23.9 Å². The van der Waals surface area contributed by atoms with Gasteiger partial charge in [0, 0.05) is 11.8 Å². The van der Waals surface area contributed by atoms with Crippen molar-refractivity contribution in [3.05, 3.63) is 77.5 Å². The van der Waals surface area contributed by atoms with Gasteiger partial charge >= 0.3 is 12.4 Å². The molecule has 1 N–H and O–H groups in total. The molecule has 0 aliphatic heterocycles. The van der Waals surface area contributed by atoms with E-state index in [-0.39, 0.29) is 17.7 Å². The molecule has 3 rings (SSSR count). The van der Waals surface area contributed by atoms with Crippen LogP contribution in [0.4, 0.5) is 26.3 Å². The first-order valence-electron chi connectivity index (χ1n) is 9.01. The summed E-state index contributed by atoms with van der Waals surface area (Å²) < 4.78 is 79.7. The number of alkyl halides is 6. The molecule has 0 fully saturated rings. The number of hydrogen-bond donors (Lipinski definition) is 1. The van der Waals surface area contributed by atoms with Crippen LogP contribution in [-0.2, 0) is 12.4 Å². The summed E-state index contributed by atoms with van der Waals surface area (Å²) in [6, 6.07) is 4.65. The number of rotatable bonds is 5. The third-order valence-electron chi connectivity index (χ3n) is 4.28. The van der Waals surface area contributed by atoms with Crippen molar-refractivity contribution >= 4 is 12.0 Å². The molecule has 0 aliphatic carbocycles. The molecule has 6 nitrogen and oxygen atoms in total. The SMILES string of the molecule is C=Cc1nc(C(C)NC(=O)c2cc(C(F)(F)F)cc(C(F)(F)F)c2)n(-c2ccccn2)n1. The first kappa shape index (κ1) is 23.0. The molecule has 12 heteroatoms. The Morgan fingerprint density at radius 2 is 1.72 bits per heavy atom. The molecule has 0 saturated heterocycles. The van der Waals surface area contributed by atoms with Gasteiger partial charge in [0.15, 0.2) is 17.5 Å². The summed E-state index contributed by atoms with van der Waals surface area (Å²) in [5.74, 6) is -0.479. The normalized spacial score (nSPS) is 13.0. The number of amides is 1. The molecule has 3 aromatic rings. The Labute approximate surface area is 177 Å². The van der Waals surface area contributed by atoms with Crippen LogP contribution in [0, 0.1) is 0 Å². The van der Waals surface area contributed by atoms with Gasteiger partial charge in [-0.2, -0.15) is 31.0 Å². The summed E-state index contributed by atoms with van der Waals surface area (Å²) in [4.78, 5) is 20.9. The summed E-state index contributed by atoms with van der Waals surface area (Å²) in [5.41, 5.74) is -3.97. The molecule has 0 bridgehead atoms. The van der Waals surface area contributed by atoms with Crippen molar-refractivity contribution in [1.82, 2.24) is 25.1 Å². The molecule has 1 atom stereocenters. The van der Waals surface area contributed by atoms with Crippen LogP contribution in [0.3, 0.4) is 0 Å². The monoisotopic (exact) mass is 455 g/mol. The highest BCUT2D eigenvalue weighted by atomic mass is 19.4. The van der Waals surface area contributed by atoms with Gasteiger partial charge < -0.3 is 5.32 Å². The minimum atomic E-state index is -5.07. The van der Waals surface area contributed by atoms with Crippen molar-refractivity contribution in [3.63, 3.8) is 0 Å². The van der Waals surface area contributed by atoms with Crippen LogP contribution in [0.1, 0.15) is 46.1 Å². The smallest absolute Gasteiger partial charge is 0.342 e. The molecule has 168 valence electrons. The predicted octanol–water partition coefficient (Wildman–Crippen LogP) is 4.83. The van der Waals surface area contributed by atoms with Crippen molar-refractivity contribution in [3.8, 4) is 5.82 Å². The van der Waals surface area contributed by atoms with E-state index < -0.39 is 41.0 Å². The van der Waals surface area contributed by atoms with Crippen LogP contribution in [0.25, 0.3) is 11.9 Å². The Kier molecular flexibility index (Phi) is 6.06. The molecule has 2 aromatic heterocycles. The first-order valence-corrected chi connectivity index (χ1v) is 9.01. The summed E-state index contributed by atoms with van der Waals surface area (Å²) >= 11 is 0. The number of nitrogens with zero attached hydrogens (tertiary/aromatic N) is 4. The highest BCUT2D eigenvalue weighted by molar-refractivity contribution is 5.94. The minimum Gasteiger partial charge on any atom is -0.342 e. The maximum absolute atomic E-state index is 13.1. The minimum absolute atomic E-state index is 0.0474. The van der Waals surface area contributed by atoms with Gasteiger partial charge in [0.2, 0.25) is 0 Å². The maximum atomic E-state index is 13.1. The lowest BCUT2D eigenvalue weighted by atomic mass is 10.0. The van der Waals surface area contributed by atoms with Crippen LogP contribution >= 0.6 is 0 Å². The zero-order chi connectivity index (χ0) is 23.7. The van der Waals surface area contributed by atoms with E-state index in [2.05, 4.69) is 27.0 Å². The van der Waals surface area contributed by atoms with Gasteiger partial charge in [-0.3, -0.25) is 4.79 Å². The molecule has 0 aliphatic rings. The molecule has 32 heavy (non-hydrogen) atoms. The highest BCUT2D eigenvalue weighted by Gasteiger charge is 2.37. The molecule has 1 aromatic carbocycles. The average Bonchev–Trinajstić information content (AvgIpc) is 3.17. The van der Waals surface area contributed by atoms with Gasteiger partial charge in [0.1, 0.15) is 0 Å². The molecule has 2 heterocycles. The quantitative estimate of drug-likeness (QED) is 0.560. The van der Waals surface area contributed by atoms with Crippen molar-refractivity contribution in [2.24, 2.45) is 0 Å². The van der Waals surface area contributed by atoms with Crippen LogP contribution < -0.4 is 5.32 Å². The second-order valence-electron chi connectivity index (χ2n) is 6.62. The number of halogens is 6. The van der Waals surface area contributed by atoms with E-state index in [9.17, 15) is 31.1 Å². The first-order chi connectivity index (χ1) is 14.9. The summed E-state index contributed by atoms with van der Waals surface area (Å²) in [7, 11) is 0. The fourth-order valence-electron chi connectivity index (χ4n) is 2.79. The van der Waals surface area contributed by atoms with E-state index >= 15 is 0 Å². The maximum Gasteiger partial charge on any atom is 0.416 e. The Balaban J connectivity index is 1.96. The second kappa shape index (κ2) is 8.44. The lowest BCUT2D eigenvalue weighted by Crippen LogP contribution is -2.29. The topological polar surface area (TPSA) is 72.7 Å². The van der Waals surface area contributed by atoms with Gasteiger partial charge in [-0.1, -0.05) is 12.6 Å². The zero-order valence-electron chi connectivity index (χ0n) is 16.4. The largest absolute Gasteiger partial charge is 0.416 e. The number of benzene rings is 1. The predicted molar refractivity (Wildman–Crippen MR) is 102 cm³/mol. The Hall–Kier alpha value is -3.70. The van der Waals surface area contributed by atoms with E-state index in [4.69, 9.17) is 0 Å². The number of pyridine rings is 1. The van der Waals surface area contributed by atoms with Gasteiger partial charge in [-0.15, -0.1) is 5.10 Å². The van der Waals surface area contributed by atoms with E-state index in [0.717, 1.165) is 0 Å². The molecule has 0 saturated carbocycles. The second-order valence-corrected chi connectivity index (χ2v) is 6.62. The summed E-state index contributed by atoms with van der Waals surface area (Å²) in [6.07, 6.45) is -7.32. The summed E-state index contributed by atoms with van der Waals surface area (Å²) in [6.45, 7) is 5.00. The van der Waals surface area contributed by atoms with Crippen molar-refractivity contribution in [1.29, 1.82) is 0 Å². The Bertz CT molecular complexity index is 1110. The number of carbonyl (C=O) groups is 1. The van der Waals surface area contributed by atoms with Crippen molar-refractivity contribution in [2.45, 2.75) is 25.3 Å². The molecular weight excluding hydrogens is 440 g/mol.